The molecule has 0 radical (unpaired) electrons. The zero-order valence-electron chi connectivity index (χ0n) is 17.3. The molecule has 166 valence electrons. The lowest BCUT2D eigenvalue weighted by Crippen LogP contribution is -2.29. The minimum atomic E-state index is -3.53. The molecule has 1 aliphatic rings. The highest BCUT2D eigenvalue weighted by Crippen LogP contribution is 2.30. The van der Waals surface area contributed by atoms with E-state index in [0.29, 0.717) is 35.7 Å². The molecule has 0 unspecified atom stereocenters. The molecule has 1 fully saturated rings. The van der Waals surface area contributed by atoms with Crippen molar-refractivity contribution < 1.29 is 17.6 Å². The third kappa shape index (κ3) is 4.04. The molecule has 2 heterocycles. The van der Waals surface area contributed by atoms with E-state index >= 15 is 0 Å². The van der Waals surface area contributed by atoms with Crippen LogP contribution < -0.4 is 14.3 Å². The molecule has 1 saturated heterocycles. The minimum Gasteiger partial charge on any atom is -0.322 e. The number of rotatable bonds is 4. The maximum atomic E-state index is 14.7. The summed E-state index contributed by atoms with van der Waals surface area (Å²) in [6.07, 6.45) is 1.63. The van der Waals surface area contributed by atoms with E-state index < -0.39 is 21.9 Å². The normalized spacial score (nSPS) is 15.0. The standard InChI is InChI=1S/C24H19FN4O3S/c25-22-10-7-18(15-21(22)23-20-4-2-1-3-16(20)11-12-26-23)28-24(30)17-5-8-19(9-6-17)29-14-13-27-33(29,31)32/h1-12,15,27H,13-14H2,(H,28,30). The lowest BCUT2D eigenvalue weighted by atomic mass is 10.0. The number of hydrogen-bond acceptors (Lipinski definition) is 4. The van der Waals surface area contributed by atoms with E-state index in [1.165, 1.54) is 16.4 Å². The van der Waals surface area contributed by atoms with Crippen LogP contribution in [0.15, 0.2) is 79.0 Å². The van der Waals surface area contributed by atoms with Crippen LogP contribution >= 0.6 is 0 Å². The molecule has 1 aliphatic heterocycles. The minimum absolute atomic E-state index is 0.284. The summed E-state index contributed by atoms with van der Waals surface area (Å²) in [7, 11) is -3.53. The van der Waals surface area contributed by atoms with Crippen molar-refractivity contribution in [3.63, 3.8) is 0 Å². The lowest BCUT2D eigenvalue weighted by molar-refractivity contribution is 0.102. The second-order valence-electron chi connectivity index (χ2n) is 7.55. The predicted octanol–water partition coefficient (Wildman–Crippen LogP) is 3.95. The van der Waals surface area contributed by atoms with E-state index in [-0.39, 0.29) is 5.56 Å². The van der Waals surface area contributed by atoms with Gasteiger partial charge in [0, 0.05) is 41.5 Å². The van der Waals surface area contributed by atoms with Crippen molar-refractivity contribution >= 4 is 38.3 Å². The first-order chi connectivity index (χ1) is 15.9. The first-order valence-corrected chi connectivity index (χ1v) is 11.7. The fourth-order valence-electron chi connectivity index (χ4n) is 3.84. The number of nitrogens with zero attached hydrogens (tertiary/aromatic N) is 2. The predicted molar refractivity (Wildman–Crippen MR) is 126 cm³/mol. The molecule has 5 rings (SSSR count). The third-order valence-corrected chi connectivity index (χ3v) is 7.00. The Bertz CT molecular complexity index is 1470. The van der Waals surface area contributed by atoms with Crippen LogP contribution in [0.1, 0.15) is 10.4 Å². The number of fused-ring (bicyclic) bond motifs is 1. The van der Waals surface area contributed by atoms with Crippen LogP contribution in [-0.4, -0.2) is 32.4 Å². The molecule has 1 amide bonds. The summed E-state index contributed by atoms with van der Waals surface area (Å²) in [6, 6.07) is 20.0. The van der Waals surface area contributed by atoms with Crippen molar-refractivity contribution in [3.05, 3.63) is 90.4 Å². The Balaban J connectivity index is 1.40. The largest absolute Gasteiger partial charge is 0.322 e. The highest BCUT2D eigenvalue weighted by Gasteiger charge is 2.27. The van der Waals surface area contributed by atoms with Gasteiger partial charge in [-0.2, -0.15) is 13.1 Å². The van der Waals surface area contributed by atoms with Crippen molar-refractivity contribution in [1.29, 1.82) is 0 Å². The lowest BCUT2D eigenvalue weighted by Gasteiger charge is -2.16. The van der Waals surface area contributed by atoms with Gasteiger partial charge in [-0.05, 0) is 53.9 Å². The molecule has 0 spiro atoms. The molecule has 7 nitrogen and oxygen atoms in total. The Morgan fingerprint density at radius 3 is 2.58 bits per heavy atom. The first-order valence-electron chi connectivity index (χ1n) is 10.2. The number of pyridine rings is 1. The highest BCUT2D eigenvalue weighted by molar-refractivity contribution is 7.91. The van der Waals surface area contributed by atoms with Gasteiger partial charge in [-0.3, -0.25) is 14.1 Å². The Hall–Kier alpha value is -3.82. The van der Waals surface area contributed by atoms with E-state index in [1.54, 1.807) is 36.5 Å². The number of benzene rings is 3. The smallest absolute Gasteiger partial charge is 0.301 e. The van der Waals surface area contributed by atoms with Gasteiger partial charge in [0.05, 0.1) is 11.4 Å². The number of amides is 1. The number of carbonyl (C=O) groups excluding carboxylic acids is 1. The van der Waals surface area contributed by atoms with Crippen molar-refractivity contribution in [2.45, 2.75) is 0 Å². The van der Waals surface area contributed by atoms with Gasteiger partial charge in [0.2, 0.25) is 0 Å². The van der Waals surface area contributed by atoms with Gasteiger partial charge in [0.1, 0.15) is 5.82 Å². The summed E-state index contributed by atoms with van der Waals surface area (Å²) in [5.74, 6) is -0.839. The van der Waals surface area contributed by atoms with Crippen LogP contribution in [0, 0.1) is 5.82 Å². The van der Waals surface area contributed by atoms with Gasteiger partial charge in [-0.15, -0.1) is 0 Å². The van der Waals surface area contributed by atoms with Crippen LogP contribution in [-0.2, 0) is 10.2 Å². The number of hydrogen-bond donors (Lipinski definition) is 2. The average molecular weight is 463 g/mol. The fraction of sp³-hybridized carbons (Fsp3) is 0.0833. The number of carbonyl (C=O) groups is 1. The molecule has 0 saturated carbocycles. The zero-order valence-corrected chi connectivity index (χ0v) is 18.1. The topological polar surface area (TPSA) is 91.4 Å². The summed E-state index contributed by atoms with van der Waals surface area (Å²) in [5.41, 5.74) is 2.01. The van der Waals surface area contributed by atoms with Crippen LogP contribution in [0.4, 0.5) is 15.8 Å². The van der Waals surface area contributed by atoms with E-state index in [1.807, 2.05) is 30.3 Å². The Labute approximate surface area is 190 Å². The molecule has 1 aromatic heterocycles. The van der Waals surface area contributed by atoms with Crippen LogP contribution in [0.5, 0.6) is 0 Å². The maximum Gasteiger partial charge on any atom is 0.301 e. The molecular weight excluding hydrogens is 443 g/mol. The van der Waals surface area contributed by atoms with Gasteiger partial charge in [-0.1, -0.05) is 24.3 Å². The SMILES string of the molecule is O=C(Nc1ccc(F)c(-c2nccc3ccccc23)c1)c1ccc(N2CCNS2(=O)=O)cc1. The van der Waals surface area contributed by atoms with Crippen molar-refractivity contribution in [3.8, 4) is 11.3 Å². The fourth-order valence-corrected chi connectivity index (χ4v) is 5.08. The van der Waals surface area contributed by atoms with Gasteiger partial charge in [-0.25, -0.2) is 4.39 Å². The Morgan fingerprint density at radius 2 is 1.82 bits per heavy atom. The third-order valence-electron chi connectivity index (χ3n) is 5.46. The van der Waals surface area contributed by atoms with Gasteiger partial charge in [0.15, 0.2) is 0 Å². The molecule has 33 heavy (non-hydrogen) atoms. The van der Waals surface area contributed by atoms with Gasteiger partial charge >= 0.3 is 10.2 Å². The molecule has 0 atom stereocenters. The quantitative estimate of drug-likeness (QED) is 0.481. The monoisotopic (exact) mass is 462 g/mol. The Morgan fingerprint density at radius 1 is 1.03 bits per heavy atom. The molecule has 0 aliphatic carbocycles. The number of halogens is 1. The summed E-state index contributed by atoms with van der Waals surface area (Å²) in [4.78, 5) is 17.1. The first kappa shape index (κ1) is 21.0. The van der Waals surface area contributed by atoms with E-state index in [9.17, 15) is 17.6 Å². The van der Waals surface area contributed by atoms with Crippen LogP contribution in [0.2, 0.25) is 0 Å². The molecule has 9 heteroatoms. The van der Waals surface area contributed by atoms with Gasteiger partial charge in [0.25, 0.3) is 5.91 Å². The van der Waals surface area contributed by atoms with Crippen molar-refractivity contribution in [2.24, 2.45) is 0 Å². The number of aromatic nitrogens is 1. The van der Waals surface area contributed by atoms with Crippen molar-refractivity contribution in [1.82, 2.24) is 9.71 Å². The number of nitrogens with one attached hydrogen (secondary N) is 2. The zero-order chi connectivity index (χ0) is 23.0. The highest BCUT2D eigenvalue weighted by atomic mass is 32.2. The Kier molecular flexibility index (Phi) is 5.27. The summed E-state index contributed by atoms with van der Waals surface area (Å²) in [6.45, 7) is 0.664. The van der Waals surface area contributed by atoms with Crippen LogP contribution in [0.3, 0.4) is 0 Å². The van der Waals surface area contributed by atoms with E-state index in [4.69, 9.17) is 0 Å². The molecule has 3 aromatic carbocycles. The second-order valence-corrected chi connectivity index (χ2v) is 9.23. The van der Waals surface area contributed by atoms with E-state index in [2.05, 4.69) is 15.0 Å². The molecular formula is C24H19FN4O3S. The second kappa shape index (κ2) is 8.27. The number of anilines is 2. The molecule has 2 N–H and O–H groups in total. The van der Waals surface area contributed by atoms with E-state index in [0.717, 1.165) is 10.8 Å². The average Bonchev–Trinajstić information content (AvgIpc) is 3.19. The van der Waals surface area contributed by atoms with Gasteiger partial charge < -0.3 is 5.32 Å². The maximum absolute atomic E-state index is 14.7. The molecule has 4 aromatic rings. The summed E-state index contributed by atoms with van der Waals surface area (Å²) < 4.78 is 42.3. The summed E-state index contributed by atoms with van der Waals surface area (Å²) in [5, 5.41) is 4.52. The molecule has 0 bridgehead atoms. The van der Waals surface area contributed by atoms with Crippen LogP contribution in [0.25, 0.3) is 22.0 Å². The van der Waals surface area contributed by atoms with Crippen molar-refractivity contribution in [2.75, 3.05) is 22.7 Å². The summed E-state index contributed by atoms with van der Waals surface area (Å²) >= 11 is 0.